The smallest absolute Gasteiger partial charge is 0.227 e. The van der Waals surface area contributed by atoms with Gasteiger partial charge in [-0.1, -0.05) is 12.1 Å². The fraction of sp³-hybridized carbons (Fsp3) is 0.462. The van der Waals surface area contributed by atoms with Crippen LogP contribution in [0.5, 0.6) is 5.75 Å². The molecular weight excluding hydrogens is 218 g/mol. The largest absolute Gasteiger partial charge is 0.496 e. The minimum atomic E-state index is -0.341. The SMILES string of the molecule is COc1cc(CC(=O)N2CC(O)C2)ccc1C. The van der Waals surface area contributed by atoms with Crippen molar-refractivity contribution < 1.29 is 14.6 Å². The van der Waals surface area contributed by atoms with Gasteiger partial charge in [-0.2, -0.15) is 0 Å². The summed E-state index contributed by atoms with van der Waals surface area (Å²) in [6, 6.07) is 5.78. The van der Waals surface area contributed by atoms with E-state index < -0.39 is 0 Å². The van der Waals surface area contributed by atoms with Crippen LogP contribution in [0.25, 0.3) is 0 Å². The zero-order valence-corrected chi connectivity index (χ0v) is 10.1. The van der Waals surface area contributed by atoms with Gasteiger partial charge in [0.05, 0.1) is 19.6 Å². The van der Waals surface area contributed by atoms with E-state index in [-0.39, 0.29) is 12.0 Å². The maximum Gasteiger partial charge on any atom is 0.227 e. The number of rotatable bonds is 3. The molecule has 1 aliphatic heterocycles. The van der Waals surface area contributed by atoms with Crippen molar-refractivity contribution in [1.82, 2.24) is 4.90 Å². The number of likely N-dealkylation sites (tertiary alicyclic amines) is 1. The van der Waals surface area contributed by atoms with Crippen LogP contribution in [0, 0.1) is 6.92 Å². The quantitative estimate of drug-likeness (QED) is 0.841. The molecule has 0 atom stereocenters. The van der Waals surface area contributed by atoms with Crippen LogP contribution in [0.15, 0.2) is 18.2 Å². The molecule has 1 amide bonds. The van der Waals surface area contributed by atoms with E-state index in [0.717, 1.165) is 16.9 Å². The molecule has 0 saturated carbocycles. The summed E-state index contributed by atoms with van der Waals surface area (Å²) in [4.78, 5) is 13.5. The lowest BCUT2D eigenvalue weighted by molar-refractivity contribution is -0.140. The highest BCUT2D eigenvalue weighted by Crippen LogP contribution is 2.20. The number of ether oxygens (including phenoxy) is 1. The van der Waals surface area contributed by atoms with Gasteiger partial charge in [0.1, 0.15) is 5.75 Å². The summed E-state index contributed by atoms with van der Waals surface area (Å²) >= 11 is 0. The molecule has 0 aromatic heterocycles. The van der Waals surface area contributed by atoms with Gasteiger partial charge >= 0.3 is 0 Å². The lowest BCUT2D eigenvalue weighted by Crippen LogP contribution is -2.53. The molecule has 1 aromatic carbocycles. The van der Waals surface area contributed by atoms with Crippen LogP contribution >= 0.6 is 0 Å². The molecule has 1 saturated heterocycles. The Kier molecular flexibility index (Phi) is 3.33. The van der Waals surface area contributed by atoms with Crippen molar-refractivity contribution in [3.8, 4) is 5.75 Å². The Morgan fingerprint density at radius 2 is 2.24 bits per heavy atom. The van der Waals surface area contributed by atoms with Gasteiger partial charge in [0.2, 0.25) is 5.91 Å². The van der Waals surface area contributed by atoms with Crippen LogP contribution in [0.4, 0.5) is 0 Å². The second kappa shape index (κ2) is 4.75. The van der Waals surface area contributed by atoms with Gasteiger partial charge in [0, 0.05) is 13.1 Å². The van der Waals surface area contributed by atoms with Gasteiger partial charge in [-0.25, -0.2) is 0 Å². The predicted molar refractivity (Wildman–Crippen MR) is 64.0 cm³/mol. The van der Waals surface area contributed by atoms with Crippen LogP contribution in [0.1, 0.15) is 11.1 Å². The van der Waals surface area contributed by atoms with E-state index in [1.54, 1.807) is 12.0 Å². The number of aliphatic hydroxyl groups is 1. The third kappa shape index (κ3) is 2.58. The van der Waals surface area contributed by atoms with Crippen molar-refractivity contribution in [3.05, 3.63) is 29.3 Å². The minimum absolute atomic E-state index is 0.0567. The Morgan fingerprint density at radius 3 is 2.82 bits per heavy atom. The molecule has 0 unspecified atom stereocenters. The summed E-state index contributed by atoms with van der Waals surface area (Å²) in [5.41, 5.74) is 2.00. The van der Waals surface area contributed by atoms with Crippen LogP contribution in [0.2, 0.25) is 0 Å². The van der Waals surface area contributed by atoms with Gasteiger partial charge in [0.15, 0.2) is 0 Å². The zero-order valence-electron chi connectivity index (χ0n) is 10.1. The number of β-amino-alcohol motifs (C(OH)–C–C–N with tert-alkyl or cyclic N) is 1. The molecule has 0 bridgehead atoms. The van der Waals surface area contributed by atoms with Crippen LogP contribution < -0.4 is 4.74 Å². The van der Waals surface area contributed by atoms with E-state index in [0.29, 0.717) is 19.5 Å². The van der Waals surface area contributed by atoms with E-state index in [1.807, 2.05) is 25.1 Å². The lowest BCUT2D eigenvalue weighted by atomic mass is 10.1. The average Bonchev–Trinajstić information content (AvgIpc) is 2.27. The van der Waals surface area contributed by atoms with Crippen LogP contribution in [-0.2, 0) is 11.2 Å². The van der Waals surface area contributed by atoms with E-state index in [4.69, 9.17) is 9.84 Å². The summed E-state index contributed by atoms with van der Waals surface area (Å²) < 4.78 is 5.22. The maximum absolute atomic E-state index is 11.8. The number of aliphatic hydroxyl groups excluding tert-OH is 1. The summed E-state index contributed by atoms with van der Waals surface area (Å²) in [5, 5.41) is 9.14. The zero-order chi connectivity index (χ0) is 12.4. The van der Waals surface area contributed by atoms with Gasteiger partial charge in [-0.05, 0) is 24.1 Å². The van der Waals surface area contributed by atoms with Crippen molar-refractivity contribution in [3.63, 3.8) is 0 Å². The normalized spacial score (nSPS) is 15.6. The third-order valence-corrected chi connectivity index (χ3v) is 3.04. The number of nitrogens with zero attached hydrogens (tertiary/aromatic N) is 1. The number of carbonyl (C=O) groups excluding carboxylic acids is 1. The average molecular weight is 235 g/mol. The van der Waals surface area contributed by atoms with Gasteiger partial charge in [0.25, 0.3) is 0 Å². The van der Waals surface area contributed by atoms with Crippen molar-refractivity contribution >= 4 is 5.91 Å². The molecular formula is C13H17NO3. The summed E-state index contributed by atoms with van der Waals surface area (Å²) in [6.07, 6.45) is 0.0232. The number of aryl methyl sites for hydroxylation is 1. The molecule has 1 aliphatic rings. The Labute approximate surface area is 101 Å². The van der Waals surface area contributed by atoms with Crippen molar-refractivity contribution in [1.29, 1.82) is 0 Å². The molecule has 0 spiro atoms. The Balaban J connectivity index is 2.01. The first-order valence-electron chi connectivity index (χ1n) is 5.69. The first kappa shape index (κ1) is 11.9. The second-order valence-electron chi connectivity index (χ2n) is 4.43. The fourth-order valence-electron chi connectivity index (χ4n) is 1.92. The molecule has 4 heteroatoms. The topological polar surface area (TPSA) is 49.8 Å². The summed E-state index contributed by atoms with van der Waals surface area (Å²) in [6.45, 7) is 2.89. The van der Waals surface area contributed by atoms with E-state index >= 15 is 0 Å². The number of benzene rings is 1. The molecule has 0 radical (unpaired) electrons. The highest BCUT2D eigenvalue weighted by Gasteiger charge is 2.28. The maximum atomic E-state index is 11.8. The molecule has 4 nitrogen and oxygen atoms in total. The molecule has 1 aromatic rings. The summed E-state index contributed by atoms with van der Waals surface area (Å²) in [7, 11) is 1.62. The van der Waals surface area contributed by atoms with E-state index in [9.17, 15) is 4.79 Å². The van der Waals surface area contributed by atoms with Gasteiger partial charge in [-0.15, -0.1) is 0 Å². The highest BCUT2D eigenvalue weighted by atomic mass is 16.5. The van der Waals surface area contributed by atoms with Crippen molar-refractivity contribution in [2.75, 3.05) is 20.2 Å². The second-order valence-corrected chi connectivity index (χ2v) is 4.43. The first-order valence-corrected chi connectivity index (χ1v) is 5.69. The van der Waals surface area contributed by atoms with Gasteiger partial charge in [-0.3, -0.25) is 4.79 Å². The Hall–Kier alpha value is -1.55. The van der Waals surface area contributed by atoms with Crippen LogP contribution in [0.3, 0.4) is 0 Å². The monoisotopic (exact) mass is 235 g/mol. The molecule has 92 valence electrons. The molecule has 0 aliphatic carbocycles. The Bertz CT molecular complexity index is 425. The number of hydrogen-bond acceptors (Lipinski definition) is 3. The van der Waals surface area contributed by atoms with Crippen molar-refractivity contribution in [2.24, 2.45) is 0 Å². The van der Waals surface area contributed by atoms with Gasteiger partial charge < -0.3 is 14.7 Å². The number of carbonyl (C=O) groups is 1. The predicted octanol–water partition coefficient (Wildman–Crippen LogP) is 0.749. The molecule has 1 fully saturated rings. The first-order chi connectivity index (χ1) is 8.10. The van der Waals surface area contributed by atoms with Crippen molar-refractivity contribution in [2.45, 2.75) is 19.4 Å². The van der Waals surface area contributed by atoms with E-state index in [1.165, 1.54) is 0 Å². The summed E-state index contributed by atoms with van der Waals surface area (Å²) in [5.74, 6) is 0.861. The highest BCUT2D eigenvalue weighted by molar-refractivity contribution is 5.79. The number of amides is 1. The molecule has 1 heterocycles. The standard InChI is InChI=1S/C13H17NO3/c1-9-3-4-10(5-12(9)17-2)6-13(16)14-7-11(15)8-14/h3-5,11,15H,6-8H2,1-2H3. The lowest BCUT2D eigenvalue weighted by Gasteiger charge is -2.35. The number of hydrogen-bond donors (Lipinski definition) is 1. The molecule has 2 rings (SSSR count). The molecule has 17 heavy (non-hydrogen) atoms. The van der Waals surface area contributed by atoms with Crippen LogP contribution in [-0.4, -0.2) is 42.2 Å². The Morgan fingerprint density at radius 1 is 1.53 bits per heavy atom. The third-order valence-electron chi connectivity index (χ3n) is 3.04. The molecule has 1 N–H and O–H groups in total. The minimum Gasteiger partial charge on any atom is -0.496 e. The fourth-order valence-corrected chi connectivity index (χ4v) is 1.92. The van der Waals surface area contributed by atoms with E-state index in [2.05, 4.69) is 0 Å². The number of methoxy groups -OCH3 is 1.